The lowest BCUT2D eigenvalue weighted by atomic mass is 10.1. The van der Waals surface area contributed by atoms with E-state index in [0.29, 0.717) is 24.2 Å². The molecule has 0 fully saturated rings. The van der Waals surface area contributed by atoms with Gasteiger partial charge >= 0.3 is 0 Å². The van der Waals surface area contributed by atoms with Crippen LogP contribution in [0, 0.1) is 5.82 Å². The SMILES string of the molecule is C[C@@H]1Cc2cc(C(=O)NCc3cccnc3)ccc2N1S(=O)(=O)c1ccc(F)cc1. The molecule has 1 N–H and O–H groups in total. The second kappa shape index (κ2) is 7.87. The van der Waals surface area contributed by atoms with Crippen molar-refractivity contribution in [1.82, 2.24) is 10.3 Å². The van der Waals surface area contributed by atoms with Crippen LogP contribution in [0.2, 0.25) is 0 Å². The lowest BCUT2D eigenvalue weighted by Gasteiger charge is -2.24. The van der Waals surface area contributed by atoms with Gasteiger partial charge in [0.05, 0.1) is 10.6 Å². The van der Waals surface area contributed by atoms with Gasteiger partial charge in [0.25, 0.3) is 15.9 Å². The average Bonchev–Trinajstić information content (AvgIpc) is 3.08. The zero-order valence-electron chi connectivity index (χ0n) is 16.2. The number of nitrogens with zero attached hydrogens (tertiary/aromatic N) is 2. The lowest BCUT2D eigenvalue weighted by molar-refractivity contribution is 0.0951. The predicted octanol–water partition coefficient (Wildman–Crippen LogP) is 3.29. The Kier molecular flexibility index (Phi) is 5.26. The highest BCUT2D eigenvalue weighted by molar-refractivity contribution is 7.92. The number of halogens is 1. The van der Waals surface area contributed by atoms with E-state index in [2.05, 4.69) is 10.3 Å². The molecule has 1 aliphatic heterocycles. The number of carbonyl (C=O) groups excluding carboxylic acids is 1. The number of hydrogen-bond acceptors (Lipinski definition) is 4. The number of benzene rings is 2. The van der Waals surface area contributed by atoms with Gasteiger partial charge in [0, 0.05) is 30.5 Å². The van der Waals surface area contributed by atoms with E-state index in [1.54, 1.807) is 36.7 Å². The summed E-state index contributed by atoms with van der Waals surface area (Å²) in [6.07, 6.45) is 3.83. The molecule has 2 aromatic carbocycles. The molecule has 30 heavy (non-hydrogen) atoms. The Morgan fingerprint density at radius 3 is 2.67 bits per heavy atom. The van der Waals surface area contributed by atoms with Gasteiger partial charge in [0.2, 0.25) is 0 Å². The molecule has 4 rings (SSSR count). The maximum absolute atomic E-state index is 13.2. The van der Waals surface area contributed by atoms with Crippen LogP contribution in [-0.4, -0.2) is 25.4 Å². The van der Waals surface area contributed by atoms with Crippen LogP contribution in [0.3, 0.4) is 0 Å². The van der Waals surface area contributed by atoms with Gasteiger partial charge in [-0.2, -0.15) is 0 Å². The van der Waals surface area contributed by atoms with Gasteiger partial charge in [-0.3, -0.25) is 14.1 Å². The van der Waals surface area contributed by atoms with Crippen LogP contribution in [0.15, 0.2) is 71.9 Å². The second-order valence-electron chi connectivity index (χ2n) is 7.20. The average molecular weight is 425 g/mol. The van der Waals surface area contributed by atoms with Gasteiger partial charge in [0.15, 0.2) is 0 Å². The zero-order valence-corrected chi connectivity index (χ0v) is 17.1. The fraction of sp³-hybridized carbons (Fsp3) is 0.182. The van der Waals surface area contributed by atoms with E-state index in [0.717, 1.165) is 23.3 Å². The van der Waals surface area contributed by atoms with Crippen molar-refractivity contribution in [3.05, 3.63) is 89.5 Å². The Morgan fingerprint density at radius 1 is 1.20 bits per heavy atom. The highest BCUT2D eigenvalue weighted by atomic mass is 32.2. The van der Waals surface area contributed by atoms with Crippen molar-refractivity contribution in [2.45, 2.75) is 30.8 Å². The van der Waals surface area contributed by atoms with Gasteiger partial charge in [-0.1, -0.05) is 6.07 Å². The first kappa shape index (κ1) is 20.0. The monoisotopic (exact) mass is 425 g/mol. The standard InChI is InChI=1S/C22H20FN3O3S/c1-15-11-18-12-17(22(27)25-14-16-3-2-10-24-13-16)4-9-21(18)26(15)30(28,29)20-7-5-19(23)6-8-20/h2-10,12-13,15H,11,14H2,1H3,(H,25,27)/t15-/m1/s1. The summed E-state index contributed by atoms with van der Waals surface area (Å²) in [4.78, 5) is 16.6. The van der Waals surface area contributed by atoms with Gasteiger partial charge in [-0.15, -0.1) is 0 Å². The van der Waals surface area contributed by atoms with Crippen LogP contribution >= 0.6 is 0 Å². The third kappa shape index (κ3) is 3.78. The molecule has 0 aliphatic carbocycles. The third-order valence-electron chi connectivity index (χ3n) is 5.04. The fourth-order valence-electron chi connectivity index (χ4n) is 3.62. The number of hydrogen-bond donors (Lipinski definition) is 1. The summed E-state index contributed by atoms with van der Waals surface area (Å²) in [6.45, 7) is 2.16. The quantitative estimate of drug-likeness (QED) is 0.680. The molecule has 1 atom stereocenters. The molecule has 0 spiro atoms. The summed E-state index contributed by atoms with van der Waals surface area (Å²) < 4.78 is 40.8. The molecule has 2 heterocycles. The number of amides is 1. The van der Waals surface area contributed by atoms with Crippen molar-refractivity contribution < 1.29 is 17.6 Å². The van der Waals surface area contributed by atoms with E-state index in [1.165, 1.54) is 16.4 Å². The van der Waals surface area contributed by atoms with Gasteiger partial charge in [-0.05, 0) is 73.0 Å². The Bertz CT molecular complexity index is 1180. The number of rotatable bonds is 5. The van der Waals surface area contributed by atoms with E-state index in [-0.39, 0.29) is 16.8 Å². The first-order valence-electron chi connectivity index (χ1n) is 9.46. The zero-order chi connectivity index (χ0) is 21.3. The number of fused-ring (bicyclic) bond motifs is 1. The van der Waals surface area contributed by atoms with E-state index in [1.807, 2.05) is 13.0 Å². The number of anilines is 1. The first-order valence-corrected chi connectivity index (χ1v) is 10.9. The summed E-state index contributed by atoms with van der Waals surface area (Å²) in [5, 5.41) is 2.84. The third-order valence-corrected chi connectivity index (χ3v) is 6.98. The van der Waals surface area contributed by atoms with Gasteiger partial charge < -0.3 is 5.32 Å². The fourth-order valence-corrected chi connectivity index (χ4v) is 5.31. The highest BCUT2D eigenvalue weighted by Gasteiger charge is 2.36. The van der Waals surface area contributed by atoms with E-state index >= 15 is 0 Å². The molecule has 0 bridgehead atoms. The molecule has 0 saturated heterocycles. The second-order valence-corrected chi connectivity index (χ2v) is 9.01. The van der Waals surface area contributed by atoms with E-state index in [4.69, 9.17) is 0 Å². The normalized spacial score (nSPS) is 15.7. The van der Waals surface area contributed by atoms with Crippen molar-refractivity contribution >= 4 is 21.6 Å². The topological polar surface area (TPSA) is 79.4 Å². The smallest absolute Gasteiger partial charge is 0.264 e. The van der Waals surface area contributed by atoms with Crippen LogP contribution in [0.5, 0.6) is 0 Å². The van der Waals surface area contributed by atoms with E-state index < -0.39 is 15.8 Å². The number of pyridine rings is 1. The number of carbonyl (C=O) groups is 1. The molecule has 8 heteroatoms. The summed E-state index contributed by atoms with van der Waals surface area (Å²) in [5.41, 5.74) is 2.67. The van der Waals surface area contributed by atoms with Gasteiger partial charge in [0.1, 0.15) is 5.82 Å². The van der Waals surface area contributed by atoms with Gasteiger partial charge in [-0.25, -0.2) is 12.8 Å². The van der Waals surface area contributed by atoms with Crippen LogP contribution in [0.4, 0.5) is 10.1 Å². The molecule has 1 aliphatic rings. The molecule has 0 saturated carbocycles. The van der Waals surface area contributed by atoms with E-state index in [9.17, 15) is 17.6 Å². The van der Waals surface area contributed by atoms with Crippen molar-refractivity contribution in [1.29, 1.82) is 0 Å². The minimum absolute atomic E-state index is 0.0295. The van der Waals surface area contributed by atoms with Crippen LogP contribution < -0.4 is 9.62 Å². The van der Waals surface area contributed by atoms with Crippen LogP contribution in [-0.2, 0) is 23.0 Å². The van der Waals surface area contributed by atoms with Crippen molar-refractivity contribution in [3.8, 4) is 0 Å². The molecule has 1 aromatic heterocycles. The molecular formula is C22H20FN3O3S. The molecule has 3 aromatic rings. The molecule has 1 amide bonds. The molecule has 6 nitrogen and oxygen atoms in total. The largest absolute Gasteiger partial charge is 0.348 e. The number of nitrogens with one attached hydrogen (secondary N) is 1. The Balaban J connectivity index is 1.57. The summed E-state index contributed by atoms with van der Waals surface area (Å²) in [6, 6.07) is 13.1. The molecular weight excluding hydrogens is 405 g/mol. The van der Waals surface area contributed by atoms with Crippen molar-refractivity contribution in [3.63, 3.8) is 0 Å². The minimum atomic E-state index is -3.84. The first-order chi connectivity index (χ1) is 14.4. The Morgan fingerprint density at radius 2 is 1.97 bits per heavy atom. The minimum Gasteiger partial charge on any atom is -0.348 e. The van der Waals surface area contributed by atoms with Crippen LogP contribution in [0.25, 0.3) is 0 Å². The molecule has 154 valence electrons. The Labute approximate surface area is 174 Å². The summed E-state index contributed by atoms with van der Waals surface area (Å²) in [5.74, 6) is -0.736. The molecule has 0 radical (unpaired) electrons. The number of aromatic nitrogens is 1. The Hall–Kier alpha value is -3.26. The summed E-state index contributed by atoms with van der Waals surface area (Å²) in [7, 11) is -3.84. The lowest BCUT2D eigenvalue weighted by Crippen LogP contribution is -2.35. The maximum atomic E-state index is 13.2. The van der Waals surface area contributed by atoms with Crippen molar-refractivity contribution in [2.24, 2.45) is 0 Å². The predicted molar refractivity (Wildman–Crippen MR) is 111 cm³/mol. The van der Waals surface area contributed by atoms with Crippen LogP contribution in [0.1, 0.15) is 28.4 Å². The molecule has 0 unspecified atom stereocenters. The summed E-state index contributed by atoms with van der Waals surface area (Å²) >= 11 is 0. The van der Waals surface area contributed by atoms with Crippen molar-refractivity contribution in [2.75, 3.05) is 4.31 Å². The number of sulfonamides is 1. The highest BCUT2D eigenvalue weighted by Crippen LogP contribution is 2.37. The maximum Gasteiger partial charge on any atom is 0.264 e.